The summed E-state index contributed by atoms with van der Waals surface area (Å²) >= 11 is 3.44. The molecule has 2 saturated heterocycles. The summed E-state index contributed by atoms with van der Waals surface area (Å²) in [4.78, 5) is 13.9. The Kier molecular flexibility index (Phi) is 3.39. The molecule has 3 rings (SSSR count). The standard InChI is InChI=1S/C14H17BrN2O/c15-11-5-3-10(4-6-11)9-16-12-8-14(18)17-7-1-2-13(12)17/h3-6,12-13,16H,1-2,7-9H2. The number of halogens is 1. The van der Waals surface area contributed by atoms with Gasteiger partial charge in [-0.25, -0.2) is 0 Å². The Balaban J connectivity index is 1.60. The Hall–Kier alpha value is -0.870. The molecule has 2 unspecified atom stereocenters. The predicted molar refractivity (Wildman–Crippen MR) is 74.1 cm³/mol. The highest BCUT2D eigenvalue weighted by atomic mass is 79.9. The van der Waals surface area contributed by atoms with Crippen LogP contribution in [-0.2, 0) is 11.3 Å². The molecule has 1 amide bonds. The lowest BCUT2D eigenvalue weighted by atomic mass is 10.1. The Morgan fingerprint density at radius 1 is 1.33 bits per heavy atom. The van der Waals surface area contributed by atoms with Crippen LogP contribution in [0.1, 0.15) is 24.8 Å². The Labute approximate surface area is 116 Å². The number of fused-ring (bicyclic) bond motifs is 1. The van der Waals surface area contributed by atoms with E-state index in [-0.39, 0.29) is 0 Å². The quantitative estimate of drug-likeness (QED) is 0.929. The lowest BCUT2D eigenvalue weighted by molar-refractivity contribution is -0.127. The van der Waals surface area contributed by atoms with Crippen LogP contribution in [0, 0.1) is 0 Å². The highest BCUT2D eigenvalue weighted by molar-refractivity contribution is 9.10. The van der Waals surface area contributed by atoms with Crippen molar-refractivity contribution in [2.24, 2.45) is 0 Å². The molecular formula is C14H17BrN2O. The maximum Gasteiger partial charge on any atom is 0.224 e. The van der Waals surface area contributed by atoms with Crippen LogP contribution in [0.2, 0.25) is 0 Å². The number of carbonyl (C=O) groups excluding carboxylic acids is 1. The summed E-state index contributed by atoms with van der Waals surface area (Å²) in [6.45, 7) is 1.80. The van der Waals surface area contributed by atoms with Crippen molar-refractivity contribution in [2.45, 2.75) is 37.9 Å². The molecule has 2 aliphatic rings. The van der Waals surface area contributed by atoms with Gasteiger partial charge >= 0.3 is 0 Å². The number of amides is 1. The van der Waals surface area contributed by atoms with Crippen molar-refractivity contribution in [3.05, 3.63) is 34.3 Å². The van der Waals surface area contributed by atoms with E-state index < -0.39 is 0 Å². The number of nitrogens with one attached hydrogen (secondary N) is 1. The second-order valence-corrected chi connectivity index (χ2v) is 6.03. The molecular weight excluding hydrogens is 292 g/mol. The van der Waals surface area contributed by atoms with Gasteiger partial charge in [-0.15, -0.1) is 0 Å². The normalized spacial score (nSPS) is 26.7. The first-order chi connectivity index (χ1) is 8.74. The van der Waals surface area contributed by atoms with Crippen molar-refractivity contribution in [1.82, 2.24) is 10.2 Å². The molecule has 0 spiro atoms. The van der Waals surface area contributed by atoms with E-state index in [1.54, 1.807) is 0 Å². The van der Waals surface area contributed by atoms with E-state index >= 15 is 0 Å². The summed E-state index contributed by atoms with van der Waals surface area (Å²) < 4.78 is 1.10. The lowest BCUT2D eigenvalue weighted by Crippen LogP contribution is -2.38. The van der Waals surface area contributed by atoms with Gasteiger partial charge in [0.2, 0.25) is 5.91 Å². The summed E-state index contributed by atoms with van der Waals surface area (Å²) in [6.07, 6.45) is 2.98. The average molecular weight is 309 g/mol. The third kappa shape index (κ3) is 2.31. The molecule has 1 aromatic rings. The Bertz CT molecular complexity index is 446. The van der Waals surface area contributed by atoms with Gasteiger partial charge in [0.15, 0.2) is 0 Å². The van der Waals surface area contributed by atoms with Crippen molar-refractivity contribution in [1.29, 1.82) is 0 Å². The molecule has 96 valence electrons. The number of rotatable bonds is 3. The Morgan fingerprint density at radius 2 is 2.11 bits per heavy atom. The third-order valence-electron chi connectivity index (χ3n) is 3.96. The number of carbonyl (C=O) groups is 1. The van der Waals surface area contributed by atoms with E-state index in [1.807, 2.05) is 0 Å². The number of hydrogen-bond acceptors (Lipinski definition) is 2. The number of benzene rings is 1. The second-order valence-electron chi connectivity index (χ2n) is 5.11. The molecule has 0 aliphatic carbocycles. The Morgan fingerprint density at radius 3 is 2.89 bits per heavy atom. The summed E-state index contributed by atoms with van der Waals surface area (Å²) in [5.74, 6) is 0.325. The van der Waals surface area contributed by atoms with E-state index in [1.165, 1.54) is 5.56 Å². The van der Waals surface area contributed by atoms with Gasteiger partial charge in [-0.1, -0.05) is 28.1 Å². The second kappa shape index (κ2) is 5.02. The minimum Gasteiger partial charge on any atom is -0.338 e. The average Bonchev–Trinajstić information content (AvgIpc) is 2.94. The zero-order chi connectivity index (χ0) is 12.5. The van der Waals surface area contributed by atoms with Gasteiger partial charge in [0.05, 0.1) is 0 Å². The van der Waals surface area contributed by atoms with Crippen molar-refractivity contribution in [2.75, 3.05) is 6.54 Å². The van der Waals surface area contributed by atoms with Crippen LogP contribution < -0.4 is 5.32 Å². The van der Waals surface area contributed by atoms with Crippen molar-refractivity contribution >= 4 is 21.8 Å². The third-order valence-corrected chi connectivity index (χ3v) is 4.49. The monoisotopic (exact) mass is 308 g/mol. The fraction of sp³-hybridized carbons (Fsp3) is 0.500. The van der Waals surface area contributed by atoms with Crippen LogP contribution in [-0.4, -0.2) is 29.4 Å². The van der Waals surface area contributed by atoms with Crippen LogP contribution in [0.5, 0.6) is 0 Å². The first-order valence-electron chi connectivity index (χ1n) is 6.51. The zero-order valence-corrected chi connectivity index (χ0v) is 11.8. The molecule has 0 aromatic heterocycles. The van der Waals surface area contributed by atoms with E-state index in [4.69, 9.17) is 0 Å². The molecule has 0 saturated carbocycles. The SMILES string of the molecule is O=C1CC(NCc2ccc(Br)cc2)C2CCCN12. The van der Waals surface area contributed by atoms with Gasteiger partial charge in [0.25, 0.3) is 0 Å². The first-order valence-corrected chi connectivity index (χ1v) is 7.30. The largest absolute Gasteiger partial charge is 0.338 e. The minimum atomic E-state index is 0.325. The maximum absolute atomic E-state index is 11.8. The van der Waals surface area contributed by atoms with E-state index in [2.05, 4.69) is 50.4 Å². The maximum atomic E-state index is 11.8. The summed E-state index contributed by atoms with van der Waals surface area (Å²) in [5, 5.41) is 3.54. The van der Waals surface area contributed by atoms with Gasteiger partial charge in [0, 0.05) is 36.1 Å². The molecule has 2 aliphatic heterocycles. The smallest absolute Gasteiger partial charge is 0.224 e. The molecule has 2 atom stereocenters. The molecule has 1 N–H and O–H groups in total. The van der Waals surface area contributed by atoms with Crippen LogP contribution in [0.3, 0.4) is 0 Å². The summed E-state index contributed by atoms with van der Waals surface area (Å²) in [5.41, 5.74) is 1.27. The molecule has 2 heterocycles. The predicted octanol–water partition coefficient (Wildman–Crippen LogP) is 2.30. The highest BCUT2D eigenvalue weighted by Crippen LogP contribution is 2.29. The van der Waals surface area contributed by atoms with E-state index in [0.717, 1.165) is 30.4 Å². The molecule has 0 radical (unpaired) electrons. The fourth-order valence-electron chi connectivity index (χ4n) is 3.02. The number of hydrogen-bond donors (Lipinski definition) is 1. The van der Waals surface area contributed by atoms with Gasteiger partial charge in [0.1, 0.15) is 0 Å². The first kappa shape index (κ1) is 12.2. The highest BCUT2D eigenvalue weighted by Gasteiger charge is 2.41. The topological polar surface area (TPSA) is 32.3 Å². The molecule has 2 fully saturated rings. The summed E-state index contributed by atoms with van der Waals surface area (Å²) in [6, 6.07) is 9.11. The molecule has 3 nitrogen and oxygen atoms in total. The van der Waals surface area contributed by atoms with Crippen LogP contribution in [0.25, 0.3) is 0 Å². The van der Waals surface area contributed by atoms with Crippen molar-refractivity contribution < 1.29 is 4.79 Å². The minimum absolute atomic E-state index is 0.325. The van der Waals surface area contributed by atoms with E-state index in [0.29, 0.717) is 24.4 Å². The van der Waals surface area contributed by atoms with Gasteiger partial charge in [-0.05, 0) is 30.5 Å². The van der Waals surface area contributed by atoms with Gasteiger partial charge in [-0.3, -0.25) is 4.79 Å². The van der Waals surface area contributed by atoms with E-state index in [9.17, 15) is 4.79 Å². The van der Waals surface area contributed by atoms with Crippen molar-refractivity contribution in [3.63, 3.8) is 0 Å². The molecule has 4 heteroatoms. The van der Waals surface area contributed by atoms with Crippen LogP contribution >= 0.6 is 15.9 Å². The van der Waals surface area contributed by atoms with Crippen LogP contribution in [0.4, 0.5) is 0 Å². The molecule has 18 heavy (non-hydrogen) atoms. The lowest BCUT2D eigenvalue weighted by Gasteiger charge is -2.21. The molecule has 0 bridgehead atoms. The van der Waals surface area contributed by atoms with Crippen LogP contribution in [0.15, 0.2) is 28.7 Å². The number of nitrogens with zero attached hydrogens (tertiary/aromatic N) is 1. The zero-order valence-electron chi connectivity index (χ0n) is 10.2. The fourth-order valence-corrected chi connectivity index (χ4v) is 3.29. The van der Waals surface area contributed by atoms with Gasteiger partial charge in [-0.2, -0.15) is 0 Å². The molecule has 1 aromatic carbocycles. The van der Waals surface area contributed by atoms with Crippen molar-refractivity contribution in [3.8, 4) is 0 Å². The summed E-state index contributed by atoms with van der Waals surface area (Å²) in [7, 11) is 0. The van der Waals surface area contributed by atoms with Gasteiger partial charge < -0.3 is 10.2 Å².